The number of ketones is 1. The Hall–Kier alpha value is -1.58. The summed E-state index contributed by atoms with van der Waals surface area (Å²) in [6, 6.07) is 2.29. The molecular formula is C15H20N2O2. The first-order chi connectivity index (χ1) is 9.19. The molecule has 0 aromatic carbocycles. The van der Waals surface area contributed by atoms with Gasteiger partial charge in [-0.05, 0) is 38.7 Å². The van der Waals surface area contributed by atoms with Gasteiger partial charge < -0.3 is 9.47 Å². The number of nitrogens with zero attached hydrogens (tertiary/aromatic N) is 2. The van der Waals surface area contributed by atoms with Crippen molar-refractivity contribution in [1.29, 1.82) is 0 Å². The first kappa shape index (κ1) is 12.5. The Kier molecular flexibility index (Phi) is 3.17. The number of Topliss-reactive ketones (excluding diaryl/α,β-unsaturated/α-hetero) is 1. The van der Waals surface area contributed by atoms with E-state index in [0.29, 0.717) is 12.6 Å². The van der Waals surface area contributed by atoms with Crippen molar-refractivity contribution in [2.75, 3.05) is 6.54 Å². The number of hydrogen-bond donors (Lipinski definition) is 0. The Balaban J connectivity index is 1.62. The zero-order chi connectivity index (χ0) is 13.4. The fourth-order valence-electron chi connectivity index (χ4n) is 2.54. The standard InChI is InChI=1S/C15H20N2O2/c1-2-17(13-5-6-13)14(18)10-16-8-7-12(9-16)15(19)11-3-4-11/h7-9,11,13H,2-6,10H2,1H3. The highest BCUT2D eigenvalue weighted by atomic mass is 16.2. The number of rotatable bonds is 6. The van der Waals surface area contributed by atoms with E-state index < -0.39 is 0 Å². The van der Waals surface area contributed by atoms with Crippen LogP contribution < -0.4 is 0 Å². The minimum Gasteiger partial charge on any atom is -0.344 e. The molecule has 0 unspecified atom stereocenters. The summed E-state index contributed by atoms with van der Waals surface area (Å²) in [6.45, 7) is 3.15. The Morgan fingerprint density at radius 3 is 2.63 bits per heavy atom. The smallest absolute Gasteiger partial charge is 0.242 e. The Morgan fingerprint density at radius 2 is 2.05 bits per heavy atom. The predicted molar refractivity (Wildman–Crippen MR) is 71.9 cm³/mol. The van der Waals surface area contributed by atoms with Gasteiger partial charge in [-0.2, -0.15) is 0 Å². The monoisotopic (exact) mass is 260 g/mol. The third-order valence-electron chi connectivity index (χ3n) is 3.95. The lowest BCUT2D eigenvalue weighted by Gasteiger charge is -2.20. The van der Waals surface area contributed by atoms with E-state index in [0.717, 1.165) is 37.8 Å². The van der Waals surface area contributed by atoms with Gasteiger partial charge in [-0.1, -0.05) is 0 Å². The molecule has 1 heterocycles. The van der Waals surface area contributed by atoms with Crippen molar-refractivity contribution in [3.05, 3.63) is 24.0 Å². The van der Waals surface area contributed by atoms with Crippen molar-refractivity contribution in [2.45, 2.75) is 45.2 Å². The van der Waals surface area contributed by atoms with Crippen molar-refractivity contribution in [1.82, 2.24) is 9.47 Å². The maximum atomic E-state index is 12.2. The van der Waals surface area contributed by atoms with Gasteiger partial charge in [0.2, 0.25) is 5.91 Å². The number of aromatic nitrogens is 1. The van der Waals surface area contributed by atoms with Crippen molar-refractivity contribution in [3.63, 3.8) is 0 Å². The molecule has 2 saturated carbocycles. The van der Waals surface area contributed by atoms with Gasteiger partial charge in [-0.25, -0.2) is 0 Å². The molecule has 0 N–H and O–H groups in total. The molecule has 4 nitrogen and oxygen atoms in total. The second kappa shape index (κ2) is 4.83. The molecule has 4 heteroatoms. The number of carbonyl (C=O) groups is 2. The van der Waals surface area contributed by atoms with Crippen molar-refractivity contribution >= 4 is 11.7 Å². The molecule has 102 valence electrons. The van der Waals surface area contributed by atoms with Crippen LogP contribution in [0.1, 0.15) is 43.0 Å². The highest BCUT2D eigenvalue weighted by molar-refractivity contribution is 5.99. The van der Waals surface area contributed by atoms with E-state index in [-0.39, 0.29) is 17.6 Å². The quantitative estimate of drug-likeness (QED) is 0.735. The molecular weight excluding hydrogens is 240 g/mol. The van der Waals surface area contributed by atoms with E-state index in [9.17, 15) is 9.59 Å². The van der Waals surface area contributed by atoms with Crippen molar-refractivity contribution in [2.24, 2.45) is 5.92 Å². The molecule has 19 heavy (non-hydrogen) atoms. The molecule has 0 atom stereocenters. The third-order valence-corrected chi connectivity index (χ3v) is 3.95. The molecule has 0 aliphatic heterocycles. The summed E-state index contributed by atoms with van der Waals surface area (Å²) in [5.41, 5.74) is 0.754. The minimum absolute atomic E-state index is 0.158. The van der Waals surface area contributed by atoms with Crippen LogP contribution in [0.2, 0.25) is 0 Å². The SMILES string of the molecule is CCN(C(=O)Cn1ccc(C(=O)C2CC2)c1)C1CC1. The molecule has 1 aromatic rings. The molecule has 0 bridgehead atoms. The van der Waals surface area contributed by atoms with Gasteiger partial charge in [0.25, 0.3) is 0 Å². The lowest BCUT2D eigenvalue weighted by Crippen LogP contribution is -2.35. The summed E-state index contributed by atoms with van der Waals surface area (Å²) >= 11 is 0. The number of carbonyl (C=O) groups excluding carboxylic acids is 2. The fourth-order valence-corrected chi connectivity index (χ4v) is 2.54. The van der Waals surface area contributed by atoms with E-state index >= 15 is 0 Å². The van der Waals surface area contributed by atoms with Crippen LogP contribution in [-0.2, 0) is 11.3 Å². The van der Waals surface area contributed by atoms with E-state index in [4.69, 9.17) is 0 Å². The van der Waals surface area contributed by atoms with Crippen LogP contribution in [0.15, 0.2) is 18.5 Å². The summed E-state index contributed by atoms with van der Waals surface area (Å²) in [4.78, 5) is 26.0. The summed E-state index contributed by atoms with van der Waals surface area (Å²) in [7, 11) is 0. The normalized spacial score (nSPS) is 18.4. The maximum absolute atomic E-state index is 12.2. The number of likely N-dealkylation sites (N-methyl/N-ethyl adjacent to an activating group) is 1. The second-order valence-electron chi connectivity index (χ2n) is 5.62. The number of amides is 1. The zero-order valence-electron chi connectivity index (χ0n) is 11.3. The molecule has 1 aromatic heterocycles. The molecule has 0 spiro atoms. The van der Waals surface area contributed by atoms with Crippen molar-refractivity contribution in [3.8, 4) is 0 Å². The maximum Gasteiger partial charge on any atom is 0.242 e. The van der Waals surface area contributed by atoms with Crippen LogP contribution in [0, 0.1) is 5.92 Å². The molecule has 3 rings (SSSR count). The van der Waals surface area contributed by atoms with Crippen LogP contribution in [0.4, 0.5) is 0 Å². The van der Waals surface area contributed by atoms with Gasteiger partial charge in [-0.15, -0.1) is 0 Å². The Morgan fingerprint density at radius 1 is 1.32 bits per heavy atom. The average Bonchev–Trinajstić information content (AvgIpc) is 3.28. The average molecular weight is 260 g/mol. The fraction of sp³-hybridized carbons (Fsp3) is 0.600. The van der Waals surface area contributed by atoms with Gasteiger partial charge in [0.1, 0.15) is 6.54 Å². The lowest BCUT2D eigenvalue weighted by atomic mass is 10.1. The Labute approximate surface area is 113 Å². The topological polar surface area (TPSA) is 42.3 Å². The second-order valence-corrected chi connectivity index (χ2v) is 5.62. The van der Waals surface area contributed by atoms with Gasteiger partial charge in [-0.3, -0.25) is 9.59 Å². The Bertz CT molecular complexity index is 498. The highest BCUT2D eigenvalue weighted by Crippen LogP contribution is 2.32. The van der Waals surface area contributed by atoms with Crippen LogP contribution in [0.3, 0.4) is 0 Å². The molecule has 2 aliphatic carbocycles. The van der Waals surface area contributed by atoms with E-state index in [1.54, 1.807) is 0 Å². The minimum atomic E-state index is 0.158. The largest absolute Gasteiger partial charge is 0.344 e. The van der Waals surface area contributed by atoms with Crippen LogP contribution in [-0.4, -0.2) is 33.7 Å². The van der Waals surface area contributed by atoms with Gasteiger partial charge in [0, 0.05) is 36.5 Å². The van der Waals surface area contributed by atoms with Crippen LogP contribution >= 0.6 is 0 Å². The first-order valence-electron chi connectivity index (χ1n) is 7.18. The summed E-state index contributed by atoms with van der Waals surface area (Å²) in [5, 5.41) is 0. The molecule has 0 saturated heterocycles. The summed E-state index contributed by atoms with van der Waals surface area (Å²) in [5.74, 6) is 0.636. The number of hydrogen-bond acceptors (Lipinski definition) is 2. The van der Waals surface area contributed by atoms with Crippen molar-refractivity contribution < 1.29 is 9.59 Å². The highest BCUT2D eigenvalue weighted by Gasteiger charge is 2.32. The van der Waals surface area contributed by atoms with E-state index in [1.807, 2.05) is 34.9 Å². The van der Waals surface area contributed by atoms with E-state index in [2.05, 4.69) is 0 Å². The first-order valence-corrected chi connectivity index (χ1v) is 7.18. The van der Waals surface area contributed by atoms with Gasteiger partial charge in [0.15, 0.2) is 5.78 Å². The van der Waals surface area contributed by atoms with Crippen LogP contribution in [0.5, 0.6) is 0 Å². The molecule has 2 aliphatic rings. The zero-order valence-corrected chi connectivity index (χ0v) is 11.3. The summed E-state index contributed by atoms with van der Waals surface area (Å²) < 4.78 is 1.84. The third kappa shape index (κ3) is 2.72. The molecule has 2 fully saturated rings. The van der Waals surface area contributed by atoms with Crippen LogP contribution in [0.25, 0.3) is 0 Å². The predicted octanol–water partition coefficient (Wildman–Crippen LogP) is 2.09. The summed E-state index contributed by atoms with van der Waals surface area (Å²) in [6.07, 6.45) is 7.98. The van der Waals surface area contributed by atoms with Gasteiger partial charge >= 0.3 is 0 Å². The lowest BCUT2D eigenvalue weighted by molar-refractivity contribution is -0.132. The molecule has 1 amide bonds. The van der Waals surface area contributed by atoms with E-state index in [1.165, 1.54) is 0 Å². The van der Waals surface area contributed by atoms with Gasteiger partial charge in [0.05, 0.1) is 0 Å². The molecule has 0 radical (unpaired) electrons.